The molecule has 2 saturated heterocycles. The van der Waals surface area contributed by atoms with Gasteiger partial charge in [-0.3, -0.25) is 4.79 Å². The molecule has 0 saturated carbocycles. The molecule has 7 heteroatoms. The largest absolute Gasteiger partial charge is 0.342 e. The van der Waals surface area contributed by atoms with Crippen LogP contribution in [-0.2, 0) is 4.79 Å². The molecule has 2 aliphatic rings. The van der Waals surface area contributed by atoms with Crippen LogP contribution in [0.5, 0.6) is 0 Å². The number of carbonyl (C=O) groups is 2. The van der Waals surface area contributed by atoms with E-state index in [4.69, 9.17) is 5.73 Å². The van der Waals surface area contributed by atoms with Gasteiger partial charge in [-0.05, 0) is 63.1 Å². The van der Waals surface area contributed by atoms with E-state index in [1.165, 1.54) is 0 Å². The van der Waals surface area contributed by atoms with Crippen molar-refractivity contribution >= 4 is 30.0 Å². The fraction of sp³-hybridized carbons (Fsp3) is 0.619. The molecule has 2 aliphatic heterocycles. The van der Waals surface area contributed by atoms with Crippen molar-refractivity contribution in [2.45, 2.75) is 45.6 Å². The number of benzene rings is 1. The zero-order valence-electron chi connectivity index (χ0n) is 16.9. The number of urea groups is 1. The van der Waals surface area contributed by atoms with Crippen LogP contribution < -0.4 is 11.1 Å². The van der Waals surface area contributed by atoms with Crippen molar-refractivity contribution in [3.8, 4) is 0 Å². The van der Waals surface area contributed by atoms with E-state index >= 15 is 0 Å². The topological polar surface area (TPSA) is 78.7 Å². The molecule has 156 valence electrons. The van der Waals surface area contributed by atoms with Crippen LogP contribution in [0.25, 0.3) is 0 Å². The van der Waals surface area contributed by atoms with Gasteiger partial charge in [0, 0.05) is 37.9 Å². The van der Waals surface area contributed by atoms with Crippen molar-refractivity contribution < 1.29 is 9.59 Å². The van der Waals surface area contributed by atoms with Crippen molar-refractivity contribution in [3.05, 3.63) is 29.8 Å². The molecule has 2 heterocycles. The number of aryl methyl sites for hydroxylation is 1. The number of likely N-dealkylation sites (tertiary alicyclic amines) is 2. The average molecular weight is 409 g/mol. The standard InChI is InChI=1S/C21H32N4O2.ClH/c1-15-5-3-7-19(13-15)23-21(27)25-10-4-6-18(14-25)20(26)24-11-8-17(9-12-24)16(2)22;/h3,5,7,13,16-18H,4,6,8-12,14,22H2,1-2H3,(H,23,27);1H. The number of nitrogens with one attached hydrogen (secondary N) is 1. The van der Waals surface area contributed by atoms with Crippen molar-refractivity contribution in [2.75, 3.05) is 31.5 Å². The number of nitrogens with zero attached hydrogens (tertiary/aromatic N) is 2. The Bertz CT molecular complexity index is 674. The van der Waals surface area contributed by atoms with Crippen molar-refractivity contribution in [3.63, 3.8) is 0 Å². The molecule has 3 amide bonds. The van der Waals surface area contributed by atoms with Gasteiger partial charge in [0.2, 0.25) is 5.91 Å². The molecule has 0 bridgehead atoms. The summed E-state index contributed by atoms with van der Waals surface area (Å²) in [6.45, 7) is 6.83. The molecule has 0 spiro atoms. The summed E-state index contributed by atoms with van der Waals surface area (Å²) in [5, 5.41) is 2.96. The molecule has 6 nitrogen and oxygen atoms in total. The first-order valence-electron chi connectivity index (χ1n) is 10.1. The highest BCUT2D eigenvalue weighted by Gasteiger charge is 2.33. The monoisotopic (exact) mass is 408 g/mol. The Hall–Kier alpha value is -1.79. The molecule has 3 N–H and O–H groups in total. The van der Waals surface area contributed by atoms with Gasteiger partial charge in [-0.25, -0.2) is 4.79 Å². The normalized spacial score (nSPS) is 21.6. The highest BCUT2D eigenvalue weighted by atomic mass is 35.5. The van der Waals surface area contributed by atoms with Gasteiger partial charge in [-0.15, -0.1) is 12.4 Å². The van der Waals surface area contributed by atoms with Gasteiger partial charge in [-0.1, -0.05) is 12.1 Å². The van der Waals surface area contributed by atoms with Gasteiger partial charge in [-0.2, -0.15) is 0 Å². The molecule has 28 heavy (non-hydrogen) atoms. The lowest BCUT2D eigenvalue weighted by Crippen LogP contribution is -2.50. The number of anilines is 1. The predicted molar refractivity (Wildman–Crippen MR) is 115 cm³/mol. The number of carbonyl (C=O) groups excluding carboxylic acids is 2. The molecular weight excluding hydrogens is 376 g/mol. The summed E-state index contributed by atoms with van der Waals surface area (Å²) in [6, 6.07) is 7.85. The third kappa shape index (κ3) is 5.61. The van der Waals surface area contributed by atoms with E-state index in [0.717, 1.165) is 50.0 Å². The Morgan fingerprint density at radius 3 is 2.50 bits per heavy atom. The van der Waals surface area contributed by atoms with Crippen molar-refractivity contribution in [1.29, 1.82) is 0 Å². The number of rotatable bonds is 3. The molecular formula is C21H33ClN4O2. The summed E-state index contributed by atoms with van der Waals surface area (Å²) in [4.78, 5) is 29.3. The molecule has 1 aromatic carbocycles. The maximum absolute atomic E-state index is 12.9. The molecule has 0 radical (unpaired) electrons. The second-order valence-corrected chi connectivity index (χ2v) is 8.11. The molecule has 0 aromatic heterocycles. The lowest BCUT2D eigenvalue weighted by molar-refractivity contribution is -0.138. The van der Waals surface area contributed by atoms with Crippen LogP contribution in [0.15, 0.2) is 24.3 Å². The van der Waals surface area contributed by atoms with E-state index in [-0.39, 0.29) is 36.3 Å². The highest BCUT2D eigenvalue weighted by Crippen LogP contribution is 2.25. The van der Waals surface area contributed by atoms with E-state index in [9.17, 15) is 9.59 Å². The minimum absolute atomic E-state index is 0. The zero-order valence-corrected chi connectivity index (χ0v) is 17.7. The number of nitrogens with two attached hydrogens (primary N) is 1. The van der Waals surface area contributed by atoms with Crippen LogP contribution in [0.1, 0.15) is 38.2 Å². The minimum Gasteiger partial charge on any atom is -0.342 e. The Labute approximate surface area is 174 Å². The summed E-state index contributed by atoms with van der Waals surface area (Å²) in [5.41, 5.74) is 7.90. The summed E-state index contributed by atoms with van der Waals surface area (Å²) in [5.74, 6) is 0.622. The highest BCUT2D eigenvalue weighted by molar-refractivity contribution is 5.90. The fourth-order valence-corrected chi connectivity index (χ4v) is 4.19. The van der Waals surface area contributed by atoms with Gasteiger partial charge in [0.1, 0.15) is 0 Å². The minimum atomic E-state index is -0.117. The van der Waals surface area contributed by atoms with Crippen LogP contribution in [0.3, 0.4) is 0 Å². The van der Waals surface area contributed by atoms with Crippen molar-refractivity contribution in [2.24, 2.45) is 17.6 Å². The van der Waals surface area contributed by atoms with Gasteiger partial charge in [0.25, 0.3) is 0 Å². The van der Waals surface area contributed by atoms with E-state index in [0.29, 0.717) is 19.0 Å². The predicted octanol–water partition coefficient (Wildman–Crippen LogP) is 3.25. The number of piperidine rings is 2. The fourth-order valence-electron chi connectivity index (χ4n) is 4.19. The maximum atomic E-state index is 12.9. The molecule has 2 unspecified atom stereocenters. The van der Waals surface area contributed by atoms with Crippen LogP contribution >= 0.6 is 12.4 Å². The Balaban J connectivity index is 0.00000280. The second-order valence-electron chi connectivity index (χ2n) is 8.11. The van der Waals surface area contributed by atoms with E-state index in [1.807, 2.05) is 43.0 Å². The quantitative estimate of drug-likeness (QED) is 0.805. The maximum Gasteiger partial charge on any atom is 0.321 e. The Morgan fingerprint density at radius 1 is 1.14 bits per heavy atom. The van der Waals surface area contributed by atoms with Crippen molar-refractivity contribution in [1.82, 2.24) is 9.80 Å². The Kier molecular flexibility index (Phi) is 8.13. The van der Waals surface area contributed by atoms with Gasteiger partial charge in [0.15, 0.2) is 0 Å². The SMILES string of the molecule is Cc1cccc(NC(=O)N2CCCC(C(=O)N3CCC(C(C)N)CC3)C2)c1.Cl. The Morgan fingerprint density at radius 2 is 1.86 bits per heavy atom. The third-order valence-corrected chi connectivity index (χ3v) is 5.92. The first kappa shape index (κ1) is 22.5. The lowest BCUT2D eigenvalue weighted by Gasteiger charge is -2.38. The van der Waals surface area contributed by atoms with Crippen LogP contribution in [-0.4, -0.2) is 54.0 Å². The van der Waals surface area contributed by atoms with Crippen LogP contribution in [0.4, 0.5) is 10.5 Å². The van der Waals surface area contributed by atoms with Gasteiger partial charge < -0.3 is 20.9 Å². The lowest BCUT2D eigenvalue weighted by atomic mass is 9.89. The molecule has 0 aliphatic carbocycles. The van der Waals surface area contributed by atoms with Crippen LogP contribution in [0.2, 0.25) is 0 Å². The zero-order chi connectivity index (χ0) is 19.4. The summed E-state index contributed by atoms with van der Waals surface area (Å²) in [7, 11) is 0. The average Bonchev–Trinajstić information content (AvgIpc) is 2.67. The molecule has 3 rings (SSSR count). The summed E-state index contributed by atoms with van der Waals surface area (Å²) in [6.07, 6.45) is 3.69. The number of hydrogen-bond acceptors (Lipinski definition) is 3. The van der Waals surface area contributed by atoms with Gasteiger partial charge in [0.05, 0.1) is 5.92 Å². The second kappa shape index (κ2) is 10.1. The number of halogens is 1. The van der Waals surface area contributed by atoms with E-state index in [2.05, 4.69) is 5.32 Å². The molecule has 2 atom stereocenters. The molecule has 2 fully saturated rings. The van der Waals surface area contributed by atoms with Crippen LogP contribution in [0, 0.1) is 18.8 Å². The summed E-state index contributed by atoms with van der Waals surface area (Å²) >= 11 is 0. The number of hydrogen-bond donors (Lipinski definition) is 2. The third-order valence-electron chi connectivity index (χ3n) is 5.92. The first-order chi connectivity index (χ1) is 12.9. The van der Waals surface area contributed by atoms with E-state index in [1.54, 1.807) is 4.90 Å². The molecule has 1 aromatic rings. The summed E-state index contributed by atoms with van der Waals surface area (Å²) < 4.78 is 0. The van der Waals surface area contributed by atoms with Gasteiger partial charge >= 0.3 is 6.03 Å². The first-order valence-corrected chi connectivity index (χ1v) is 10.1. The number of amides is 3. The van der Waals surface area contributed by atoms with E-state index < -0.39 is 0 Å². The smallest absolute Gasteiger partial charge is 0.321 e.